The largest absolute Gasteiger partial charge is 0.508 e. The lowest BCUT2D eigenvalue weighted by Gasteiger charge is -2.30. The van der Waals surface area contributed by atoms with Crippen molar-refractivity contribution in [1.29, 1.82) is 0 Å². The van der Waals surface area contributed by atoms with E-state index in [0.717, 1.165) is 13.0 Å². The van der Waals surface area contributed by atoms with Gasteiger partial charge in [0.25, 0.3) is 0 Å². The molecule has 18 heavy (non-hydrogen) atoms. The van der Waals surface area contributed by atoms with Crippen molar-refractivity contribution in [3.05, 3.63) is 27.7 Å². The van der Waals surface area contributed by atoms with E-state index in [9.17, 15) is 9.90 Å². The maximum Gasteiger partial charge on any atom is 0.222 e. The van der Waals surface area contributed by atoms with Crippen LogP contribution in [0.5, 0.6) is 5.75 Å². The first-order chi connectivity index (χ1) is 8.50. The number of hydrogen-bond donors (Lipinski definition) is 3. The van der Waals surface area contributed by atoms with Crippen LogP contribution in [0.15, 0.2) is 12.1 Å². The van der Waals surface area contributed by atoms with Crippen molar-refractivity contribution in [1.82, 2.24) is 5.32 Å². The minimum absolute atomic E-state index is 0.0579. The number of rotatable bonds is 2. The highest BCUT2D eigenvalue weighted by Gasteiger charge is 2.32. The number of nitrogens with one attached hydrogen (secondary N) is 1. The van der Waals surface area contributed by atoms with E-state index in [4.69, 9.17) is 28.9 Å². The summed E-state index contributed by atoms with van der Waals surface area (Å²) in [5.74, 6) is -0.791. The van der Waals surface area contributed by atoms with Gasteiger partial charge in [0.1, 0.15) is 5.75 Å². The molecular weight excluding hydrogens is 275 g/mol. The Morgan fingerprint density at radius 1 is 1.39 bits per heavy atom. The maximum atomic E-state index is 11.4. The van der Waals surface area contributed by atoms with E-state index in [1.54, 1.807) is 6.07 Å². The highest BCUT2D eigenvalue weighted by atomic mass is 35.5. The summed E-state index contributed by atoms with van der Waals surface area (Å²) in [6, 6.07) is 3.02. The van der Waals surface area contributed by atoms with Crippen LogP contribution in [-0.4, -0.2) is 24.1 Å². The van der Waals surface area contributed by atoms with Crippen LogP contribution in [0.2, 0.25) is 10.0 Å². The second-order valence-electron chi connectivity index (χ2n) is 4.43. The van der Waals surface area contributed by atoms with Gasteiger partial charge in [-0.2, -0.15) is 0 Å². The molecule has 1 aromatic rings. The van der Waals surface area contributed by atoms with Crippen molar-refractivity contribution >= 4 is 29.1 Å². The second kappa shape index (κ2) is 5.34. The van der Waals surface area contributed by atoms with E-state index >= 15 is 0 Å². The predicted octanol–water partition coefficient (Wildman–Crippen LogP) is 1.88. The second-order valence-corrected chi connectivity index (χ2v) is 5.25. The molecule has 1 aliphatic heterocycles. The quantitative estimate of drug-likeness (QED) is 0.778. The number of primary amides is 1. The summed E-state index contributed by atoms with van der Waals surface area (Å²) in [6.07, 6.45) is 0.721. The molecule has 2 rings (SSSR count). The third-order valence-electron chi connectivity index (χ3n) is 3.32. The van der Waals surface area contributed by atoms with E-state index in [2.05, 4.69) is 5.32 Å². The van der Waals surface area contributed by atoms with Crippen molar-refractivity contribution in [2.75, 3.05) is 13.1 Å². The van der Waals surface area contributed by atoms with Crippen LogP contribution in [-0.2, 0) is 4.79 Å². The molecule has 4 N–H and O–H groups in total. The lowest BCUT2D eigenvalue weighted by Crippen LogP contribution is -2.42. The van der Waals surface area contributed by atoms with Gasteiger partial charge in [0.05, 0.1) is 16.0 Å². The van der Waals surface area contributed by atoms with Crippen molar-refractivity contribution in [3.63, 3.8) is 0 Å². The molecule has 2 atom stereocenters. The van der Waals surface area contributed by atoms with Gasteiger partial charge in [-0.05, 0) is 24.6 Å². The summed E-state index contributed by atoms with van der Waals surface area (Å²) in [4.78, 5) is 11.4. The highest BCUT2D eigenvalue weighted by molar-refractivity contribution is 6.42. The van der Waals surface area contributed by atoms with E-state index in [0.29, 0.717) is 22.2 Å². The third kappa shape index (κ3) is 2.55. The minimum Gasteiger partial charge on any atom is -0.508 e. The van der Waals surface area contributed by atoms with Gasteiger partial charge < -0.3 is 16.2 Å². The number of hydrogen-bond acceptors (Lipinski definition) is 3. The monoisotopic (exact) mass is 288 g/mol. The number of carbonyl (C=O) groups is 1. The summed E-state index contributed by atoms with van der Waals surface area (Å²) in [5.41, 5.74) is 6.03. The first-order valence-corrected chi connectivity index (χ1v) is 6.44. The van der Waals surface area contributed by atoms with Gasteiger partial charge in [-0.15, -0.1) is 0 Å². The first kappa shape index (κ1) is 13.5. The van der Waals surface area contributed by atoms with Crippen molar-refractivity contribution < 1.29 is 9.90 Å². The van der Waals surface area contributed by atoms with Crippen molar-refractivity contribution in [3.8, 4) is 5.75 Å². The van der Waals surface area contributed by atoms with Gasteiger partial charge >= 0.3 is 0 Å². The zero-order chi connectivity index (χ0) is 13.3. The fraction of sp³-hybridized carbons (Fsp3) is 0.417. The zero-order valence-electron chi connectivity index (χ0n) is 9.62. The van der Waals surface area contributed by atoms with Crippen LogP contribution in [0.25, 0.3) is 0 Å². The summed E-state index contributed by atoms with van der Waals surface area (Å²) in [7, 11) is 0. The number of aromatic hydroxyl groups is 1. The highest BCUT2D eigenvalue weighted by Crippen LogP contribution is 2.39. The number of nitrogens with two attached hydrogens (primary N) is 1. The van der Waals surface area contributed by atoms with E-state index in [-0.39, 0.29) is 23.5 Å². The van der Waals surface area contributed by atoms with Crippen LogP contribution in [0, 0.1) is 5.92 Å². The Labute approximate surface area is 115 Å². The Morgan fingerprint density at radius 2 is 2.06 bits per heavy atom. The molecule has 1 aliphatic rings. The molecule has 4 nitrogen and oxygen atoms in total. The number of carbonyl (C=O) groups excluding carboxylic acids is 1. The molecule has 6 heteroatoms. The Balaban J connectivity index is 2.39. The molecule has 0 radical (unpaired) electrons. The number of benzene rings is 1. The standard InChI is InChI=1S/C12H14Cl2N2O2/c13-9-3-7(11(17)4-10(9)14)6-1-2-16-5-8(6)12(15)18/h3-4,6,8,16-17H,1-2,5H2,(H2,15,18)/t6-,8-/m1/s1. The Hall–Kier alpha value is -0.970. The summed E-state index contributed by atoms with van der Waals surface area (Å²) in [6.45, 7) is 1.29. The SMILES string of the molecule is NC(=O)[C@@H]1CNCC[C@@H]1c1cc(Cl)c(Cl)cc1O. The molecule has 98 valence electrons. The van der Waals surface area contributed by atoms with Crippen LogP contribution in [0.1, 0.15) is 17.9 Å². The third-order valence-corrected chi connectivity index (χ3v) is 4.04. The average molecular weight is 289 g/mol. The lowest BCUT2D eigenvalue weighted by molar-refractivity contribution is -0.122. The van der Waals surface area contributed by atoms with Gasteiger partial charge in [0.15, 0.2) is 0 Å². The first-order valence-electron chi connectivity index (χ1n) is 5.68. The van der Waals surface area contributed by atoms with E-state index < -0.39 is 0 Å². The topological polar surface area (TPSA) is 75.4 Å². The number of piperidine rings is 1. The van der Waals surface area contributed by atoms with Gasteiger partial charge in [0.2, 0.25) is 5.91 Å². The summed E-state index contributed by atoms with van der Waals surface area (Å²) < 4.78 is 0. The molecule has 1 aromatic carbocycles. The molecule has 0 bridgehead atoms. The molecular formula is C12H14Cl2N2O2. The summed E-state index contributed by atoms with van der Waals surface area (Å²) in [5, 5.41) is 13.7. The molecule has 0 aliphatic carbocycles. The number of halogens is 2. The molecule has 0 spiro atoms. The molecule has 1 saturated heterocycles. The number of phenols is 1. The maximum absolute atomic E-state index is 11.4. The smallest absolute Gasteiger partial charge is 0.222 e. The normalized spacial score (nSPS) is 23.9. The van der Waals surface area contributed by atoms with Gasteiger partial charge in [-0.25, -0.2) is 0 Å². The molecule has 1 fully saturated rings. The molecule has 1 amide bonds. The van der Waals surface area contributed by atoms with Crippen LogP contribution < -0.4 is 11.1 Å². The van der Waals surface area contributed by atoms with E-state index in [1.807, 2.05) is 0 Å². The lowest BCUT2D eigenvalue weighted by atomic mass is 9.80. The van der Waals surface area contributed by atoms with Crippen LogP contribution in [0.4, 0.5) is 0 Å². The number of amides is 1. The molecule has 0 saturated carbocycles. The summed E-state index contributed by atoms with van der Waals surface area (Å²) >= 11 is 11.8. The fourth-order valence-corrected chi connectivity index (χ4v) is 2.71. The fourth-order valence-electron chi connectivity index (χ4n) is 2.38. The average Bonchev–Trinajstić information content (AvgIpc) is 2.34. The Morgan fingerprint density at radius 3 is 2.72 bits per heavy atom. The molecule has 0 aromatic heterocycles. The zero-order valence-corrected chi connectivity index (χ0v) is 11.1. The van der Waals surface area contributed by atoms with Gasteiger partial charge in [-0.3, -0.25) is 4.79 Å². The van der Waals surface area contributed by atoms with Gasteiger partial charge in [0, 0.05) is 18.5 Å². The predicted molar refractivity (Wildman–Crippen MR) is 71.0 cm³/mol. The van der Waals surface area contributed by atoms with Crippen LogP contribution >= 0.6 is 23.2 Å². The van der Waals surface area contributed by atoms with Crippen molar-refractivity contribution in [2.45, 2.75) is 12.3 Å². The minimum atomic E-state index is -0.377. The Bertz CT molecular complexity index is 479. The van der Waals surface area contributed by atoms with Crippen LogP contribution in [0.3, 0.4) is 0 Å². The van der Waals surface area contributed by atoms with E-state index in [1.165, 1.54) is 6.07 Å². The molecule has 1 heterocycles. The van der Waals surface area contributed by atoms with Gasteiger partial charge in [-0.1, -0.05) is 23.2 Å². The molecule has 0 unspecified atom stereocenters. The van der Waals surface area contributed by atoms with Crippen molar-refractivity contribution in [2.24, 2.45) is 11.7 Å². The Kier molecular flexibility index (Phi) is 4.00. The number of phenolic OH excluding ortho intramolecular Hbond substituents is 1.